The Hall–Kier alpha value is -0.585. The van der Waals surface area contributed by atoms with E-state index < -0.39 is 11.5 Å². The lowest BCUT2D eigenvalue weighted by Crippen LogP contribution is -2.56. The molecule has 1 heterocycles. The number of nitrogens with two attached hydrogens (primary N) is 2. The first-order valence-electron chi connectivity index (χ1n) is 7.71. The zero-order valence-electron chi connectivity index (χ0n) is 12.1. The van der Waals surface area contributed by atoms with Crippen LogP contribution >= 0.6 is 0 Å². The SMILES string of the molecule is [B]CCC[C@H]1CN(C2CCCCC2N)C[C@@]1(N)C(=O)O. The number of carboxylic acid groups (broad SMARTS) is 1. The van der Waals surface area contributed by atoms with Crippen molar-refractivity contribution >= 4 is 13.8 Å². The lowest BCUT2D eigenvalue weighted by Gasteiger charge is -2.36. The summed E-state index contributed by atoms with van der Waals surface area (Å²) in [5, 5.41) is 9.51. The molecule has 2 rings (SSSR count). The van der Waals surface area contributed by atoms with E-state index in [4.69, 9.17) is 19.3 Å². The van der Waals surface area contributed by atoms with Gasteiger partial charge in [-0.15, -0.1) is 0 Å². The van der Waals surface area contributed by atoms with Crippen LogP contribution in [0.4, 0.5) is 0 Å². The van der Waals surface area contributed by atoms with Gasteiger partial charge in [-0.05, 0) is 19.3 Å². The van der Waals surface area contributed by atoms with Crippen LogP contribution < -0.4 is 11.5 Å². The van der Waals surface area contributed by atoms with Crippen LogP contribution in [0, 0.1) is 5.92 Å². The van der Waals surface area contributed by atoms with Gasteiger partial charge >= 0.3 is 5.97 Å². The van der Waals surface area contributed by atoms with Crippen molar-refractivity contribution in [3.05, 3.63) is 0 Å². The number of likely N-dealkylation sites (tertiary alicyclic amines) is 1. The molecule has 2 unspecified atom stereocenters. The van der Waals surface area contributed by atoms with E-state index in [0.29, 0.717) is 12.9 Å². The van der Waals surface area contributed by atoms with Crippen molar-refractivity contribution in [2.45, 2.75) is 62.5 Å². The number of hydrogen-bond acceptors (Lipinski definition) is 4. The Labute approximate surface area is 122 Å². The molecule has 2 radical (unpaired) electrons. The maximum Gasteiger partial charge on any atom is 0.325 e. The molecule has 0 bridgehead atoms. The summed E-state index contributed by atoms with van der Waals surface area (Å²) in [6, 6.07) is 0.434. The molecule has 1 aliphatic carbocycles. The van der Waals surface area contributed by atoms with Crippen LogP contribution in [-0.2, 0) is 4.79 Å². The number of carboxylic acids is 1. The maximum absolute atomic E-state index is 11.6. The van der Waals surface area contributed by atoms with E-state index in [2.05, 4.69) is 4.90 Å². The highest BCUT2D eigenvalue weighted by atomic mass is 16.4. The van der Waals surface area contributed by atoms with E-state index in [1.807, 2.05) is 0 Å². The van der Waals surface area contributed by atoms with E-state index in [0.717, 1.165) is 32.2 Å². The van der Waals surface area contributed by atoms with Gasteiger partial charge < -0.3 is 16.6 Å². The molecule has 0 spiro atoms. The molecule has 0 aromatic carbocycles. The van der Waals surface area contributed by atoms with Gasteiger partial charge in [0.15, 0.2) is 0 Å². The zero-order chi connectivity index (χ0) is 14.8. The van der Waals surface area contributed by atoms with Crippen LogP contribution in [0.5, 0.6) is 0 Å². The summed E-state index contributed by atoms with van der Waals surface area (Å²) in [5.41, 5.74) is 11.3. The minimum Gasteiger partial charge on any atom is -0.480 e. The van der Waals surface area contributed by atoms with Crippen molar-refractivity contribution in [1.82, 2.24) is 4.90 Å². The van der Waals surface area contributed by atoms with Gasteiger partial charge in [-0.1, -0.05) is 25.6 Å². The van der Waals surface area contributed by atoms with Crippen molar-refractivity contribution < 1.29 is 9.90 Å². The predicted octanol–water partition coefficient (Wildman–Crippen LogP) is 0.337. The van der Waals surface area contributed by atoms with E-state index in [1.165, 1.54) is 12.8 Å². The zero-order valence-corrected chi connectivity index (χ0v) is 12.1. The fourth-order valence-electron chi connectivity index (χ4n) is 3.78. The van der Waals surface area contributed by atoms with Crippen LogP contribution in [0.3, 0.4) is 0 Å². The second kappa shape index (κ2) is 6.45. The lowest BCUT2D eigenvalue weighted by atomic mass is 9.83. The van der Waals surface area contributed by atoms with Gasteiger partial charge in [0.25, 0.3) is 0 Å². The molecule has 112 valence electrons. The monoisotopic (exact) mass is 279 g/mol. The summed E-state index contributed by atoms with van der Waals surface area (Å²) in [4.78, 5) is 13.8. The van der Waals surface area contributed by atoms with E-state index >= 15 is 0 Å². The molecule has 1 aliphatic heterocycles. The summed E-state index contributed by atoms with van der Waals surface area (Å²) in [5.74, 6) is -0.927. The quantitative estimate of drug-likeness (QED) is 0.631. The van der Waals surface area contributed by atoms with Gasteiger partial charge in [-0.3, -0.25) is 9.69 Å². The van der Waals surface area contributed by atoms with Crippen molar-refractivity contribution in [3.63, 3.8) is 0 Å². The van der Waals surface area contributed by atoms with Gasteiger partial charge in [0.2, 0.25) is 0 Å². The van der Waals surface area contributed by atoms with Crippen LogP contribution in [0.2, 0.25) is 6.32 Å². The standard InChI is InChI=1S/C14H26BN3O2/c15-7-3-4-10-8-18(9-14(10,17)13(19)20)12-6-2-1-5-11(12)16/h10-12H,1-9,16-17H2,(H,19,20)/t10-,11?,12?,14-/m0/s1. The summed E-state index contributed by atoms with van der Waals surface area (Å²) in [6.45, 7) is 1.15. The molecular formula is C14H26BN3O2. The summed E-state index contributed by atoms with van der Waals surface area (Å²) < 4.78 is 0. The highest BCUT2D eigenvalue weighted by molar-refractivity contribution is 6.08. The molecule has 0 aromatic heterocycles. The molecule has 2 fully saturated rings. The molecule has 0 aromatic rings. The van der Waals surface area contributed by atoms with Gasteiger partial charge in [-0.25, -0.2) is 0 Å². The Morgan fingerprint density at radius 2 is 2.10 bits per heavy atom. The van der Waals surface area contributed by atoms with Crippen molar-refractivity contribution in [1.29, 1.82) is 0 Å². The molecule has 1 saturated heterocycles. The average Bonchev–Trinajstić information content (AvgIpc) is 2.75. The largest absolute Gasteiger partial charge is 0.480 e. The highest BCUT2D eigenvalue weighted by Crippen LogP contribution is 2.34. The van der Waals surface area contributed by atoms with Gasteiger partial charge in [0, 0.05) is 31.1 Å². The number of carbonyl (C=O) groups is 1. The van der Waals surface area contributed by atoms with Crippen molar-refractivity contribution in [3.8, 4) is 0 Å². The Bertz CT molecular complexity index is 355. The summed E-state index contributed by atoms with van der Waals surface area (Å²) in [6.07, 6.45) is 6.61. The fraction of sp³-hybridized carbons (Fsp3) is 0.929. The molecule has 6 heteroatoms. The van der Waals surface area contributed by atoms with Crippen LogP contribution in [-0.4, -0.2) is 54.5 Å². The van der Waals surface area contributed by atoms with Crippen molar-refractivity contribution in [2.24, 2.45) is 17.4 Å². The smallest absolute Gasteiger partial charge is 0.325 e. The van der Waals surface area contributed by atoms with Crippen LogP contribution in [0.15, 0.2) is 0 Å². The molecule has 5 nitrogen and oxygen atoms in total. The minimum atomic E-state index is -1.15. The van der Waals surface area contributed by atoms with Crippen molar-refractivity contribution in [2.75, 3.05) is 13.1 Å². The molecule has 4 atom stereocenters. The Balaban J connectivity index is 2.08. The lowest BCUT2D eigenvalue weighted by molar-refractivity contribution is -0.144. The third-order valence-corrected chi connectivity index (χ3v) is 5.05. The Morgan fingerprint density at radius 1 is 1.40 bits per heavy atom. The normalized spacial score (nSPS) is 39.0. The first-order valence-corrected chi connectivity index (χ1v) is 7.71. The Kier molecular flexibility index (Phi) is 5.10. The van der Waals surface area contributed by atoms with E-state index in [-0.39, 0.29) is 18.0 Å². The first-order chi connectivity index (χ1) is 9.49. The number of hydrogen-bond donors (Lipinski definition) is 3. The molecule has 5 N–H and O–H groups in total. The number of rotatable bonds is 5. The van der Waals surface area contributed by atoms with Gasteiger partial charge in [0.1, 0.15) is 5.54 Å². The Morgan fingerprint density at radius 3 is 2.70 bits per heavy atom. The number of aliphatic carboxylic acids is 1. The molecule has 0 amide bonds. The molecule has 1 saturated carbocycles. The maximum atomic E-state index is 11.6. The number of nitrogens with zero attached hydrogens (tertiary/aromatic N) is 1. The second-order valence-electron chi connectivity index (χ2n) is 6.42. The third kappa shape index (κ3) is 3.02. The first kappa shape index (κ1) is 15.8. The minimum absolute atomic E-state index is 0.0299. The van der Waals surface area contributed by atoms with Gasteiger partial charge in [-0.2, -0.15) is 0 Å². The molecule has 20 heavy (non-hydrogen) atoms. The van der Waals surface area contributed by atoms with Gasteiger partial charge in [0.05, 0.1) is 7.85 Å². The molecule has 2 aliphatic rings. The average molecular weight is 279 g/mol. The van der Waals surface area contributed by atoms with Crippen LogP contribution in [0.1, 0.15) is 38.5 Å². The fourth-order valence-corrected chi connectivity index (χ4v) is 3.78. The van der Waals surface area contributed by atoms with Crippen LogP contribution in [0.25, 0.3) is 0 Å². The topological polar surface area (TPSA) is 92.6 Å². The summed E-state index contributed by atoms with van der Waals surface area (Å²) >= 11 is 0. The highest BCUT2D eigenvalue weighted by Gasteiger charge is 2.51. The third-order valence-electron chi connectivity index (χ3n) is 5.05. The second-order valence-corrected chi connectivity index (χ2v) is 6.42. The van der Waals surface area contributed by atoms with E-state index in [1.54, 1.807) is 0 Å². The molecular weight excluding hydrogens is 253 g/mol. The predicted molar refractivity (Wildman–Crippen MR) is 79.6 cm³/mol. The summed E-state index contributed by atoms with van der Waals surface area (Å²) in [7, 11) is 5.55. The van der Waals surface area contributed by atoms with E-state index in [9.17, 15) is 9.90 Å².